The molecule has 1 fully saturated rings. The fourth-order valence-electron chi connectivity index (χ4n) is 3.64. The van der Waals surface area contributed by atoms with Crippen LogP contribution in [-0.4, -0.2) is 21.7 Å². The Morgan fingerprint density at radius 1 is 0.969 bits per heavy atom. The molecule has 1 aliphatic rings. The molecule has 3 aromatic rings. The number of carbonyl (C=O) groups is 2. The van der Waals surface area contributed by atoms with Crippen LogP contribution in [0, 0.1) is 21.7 Å². The van der Waals surface area contributed by atoms with Gasteiger partial charge in [0.1, 0.15) is 17.4 Å². The van der Waals surface area contributed by atoms with Gasteiger partial charge in [0, 0.05) is 28.9 Å². The van der Waals surface area contributed by atoms with E-state index in [1.807, 2.05) is 0 Å². The summed E-state index contributed by atoms with van der Waals surface area (Å²) in [6.45, 7) is 0. The number of benzene rings is 3. The quantitative estimate of drug-likeness (QED) is 0.213. The average molecular weight is 436 g/mol. The van der Waals surface area contributed by atoms with Crippen molar-refractivity contribution >= 4 is 28.8 Å². The standard InChI is InChI=1S/C23H14F2N2O5/c24-14-6-4-7-15(12-14)26-20(17-9-1-2-10-18(17)25)19(22(29)23(26)30)21(28)13-5-3-8-16(11-13)27(31)32/h1-12,20,28H/b21-19+. The van der Waals surface area contributed by atoms with E-state index in [1.54, 1.807) is 0 Å². The second-order valence-corrected chi connectivity index (χ2v) is 6.98. The van der Waals surface area contributed by atoms with Crippen molar-refractivity contribution in [2.45, 2.75) is 6.04 Å². The summed E-state index contributed by atoms with van der Waals surface area (Å²) in [4.78, 5) is 37.2. The predicted molar refractivity (Wildman–Crippen MR) is 111 cm³/mol. The Bertz CT molecular complexity index is 1300. The molecule has 1 N–H and O–H groups in total. The molecule has 1 atom stereocenters. The van der Waals surface area contributed by atoms with E-state index in [4.69, 9.17) is 0 Å². The summed E-state index contributed by atoms with van der Waals surface area (Å²) in [7, 11) is 0. The van der Waals surface area contributed by atoms with Gasteiger partial charge < -0.3 is 5.11 Å². The Balaban J connectivity index is 1.98. The molecule has 0 saturated carbocycles. The lowest BCUT2D eigenvalue weighted by Crippen LogP contribution is -2.30. The van der Waals surface area contributed by atoms with Gasteiger partial charge in [-0.1, -0.05) is 36.4 Å². The smallest absolute Gasteiger partial charge is 0.300 e. The summed E-state index contributed by atoms with van der Waals surface area (Å²) in [5.74, 6) is -4.39. The van der Waals surface area contributed by atoms with Crippen molar-refractivity contribution in [3.63, 3.8) is 0 Å². The van der Waals surface area contributed by atoms with Crippen molar-refractivity contribution in [1.82, 2.24) is 0 Å². The molecular weight excluding hydrogens is 422 g/mol. The van der Waals surface area contributed by atoms with Crippen LogP contribution in [0.4, 0.5) is 20.2 Å². The van der Waals surface area contributed by atoms with Gasteiger partial charge in [-0.2, -0.15) is 0 Å². The van der Waals surface area contributed by atoms with Gasteiger partial charge in [-0.3, -0.25) is 24.6 Å². The van der Waals surface area contributed by atoms with E-state index in [2.05, 4.69) is 0 Å². The highest BCUT2D eigenvalue weighted by Gasteiger charge is 2.48. The van der Waals surface area contributed by atoms with E-state index in [0.717, 1.165) is 29.2 Å². The van der Waals surface area contributed by atoms with Gasteiger partial charge >= 0.3 is 0 Å². The number of carbonyl (C=O) groups excluding carboxylic acids is 2. The van der Waals surface area contributed by atoms with E-state index in [1.165, 1.54) is 48.5 Å². The summed E-state index contributed by atoms with van der Waals surface area (Å²) in [5.41, 5.74) is -1.04. The molecule has 1 aliphatic heterocycles. The Kier molecular flexibility index (Phi) is 5.23. The van der Waals surface area contributed by atoms with Gasteiger partial charge in [-0.25, -0.2) is 8.78 Å². The van der Waals surface area contributed by atoms with Crippen LogP contribution < -0.4 is 4.90 Å². The normalized spacial score (nSPS) is 17.6. The topological polar surface area (TPSA) is 101 Å². The van der Waals surface area contributed by atoms with Gasteiger partial charge in [0.15, 0.2) is 0 Å². The lowest BCUT2D eigenvalue weighted by Gasteiger charge is -2.25. The summed E-state index contributed by atoms with van der Waals surface area (Å²) in [6.07, 6.45) is 0. The highest BCUT2D eigenvalue weighted by atomic mass is 19.1. The molecule has 1 unspecified atom stereocenters. The van der Waals surface area contributed by atoms with Gasteiger partial charge in [-0.15, -0.1) is 0 Å². The van der Waals surface area contributed by atoms with Crippen LogP contribution in [-0.2, 0) is 9.59 Å². The predicted octanol–water partition coefficient (Wildman–Crippen LogP) is 4.50. The number of nitro benzene ring substituents is 1. The van der Waals surface area contributed by atoms with Gasteiger partial charge in [0.05, 0.1) is 16.5 Å². The maximum Gasteiger partial charge on any atom is 0.300 e. The van der Waals surface area contributed by atoms with Crippen molar-refractivity contribution in [2.24, 2.45) is 0 Å². The van der Waals surface area contributed by atoms with E-state index in [0.29, 0.717) is 0 Å². The van der Waals surface area contributed by atoms with Crippen LogP contribution >= 0.6 is 0 Å². The van der Waals surface area contributed by atoms with Crippen molar-refractivity contribution < 1.29 is 28.4 Å². The van der Waals surface area contributed by atoms with Crippen LogP contribution in [0.1, 0.15) is 17.2 Å². The number of aliphatic hydroxyl groups excluding tert-OH is 1. The molecule has 32 heavy (non-hydrogen) atoms. The Morgan fingerprint density at radius 2 is 1.69 bits per heavy atom. The lowest BCUT2D eigenvalue weighted by atomic mass is 9.94. The molecule has 0 aromatic heterocycles. The minimum absolute atomic E-state index is 0.0153. The van der Waals surface area contributed by atoms with Gasteiger partial charge in [0.25, 0.3) is 17.4 Å². The number of nitro groups is 1. The number of aliphatic hydroxyl groups is 1. The van der Waals surface area contributed by atoms with Crippen molar-refractivity contribution in [3.8, 4) is 0 Å². The zero-order chi connectivity index (χ0) is 23.0. The molecule has 7 nitrogen and oxygen atoms in total. The molecule has 0 bridgehead atoms. The summed E-state index contributed by atoms with van der Waals surface area (Å²) >= 11 is 0. The van der Waals surface area contributed by atoms with Gasteiger partial charge in [-0.05, 0) is 24.3 Å². The van der Waals surface area contributed by atoms with Crippen LogP contribution in [0.5, 0.6) is 0 Å². The van der Waals surface area contributed by atoms with Crippen molar-refractivity contribution in [1.29, 1.82) is 0 Å². The summed E-state index contributed by atoms with van der Waals surface area (Å²) < 4.78 is 28.6. The third-order valence-electron chi connectivity index (χ3n) is 5.06. The highest BCUT2D eigenvalue weighted by Crippen LogP contribution is 2.43. The fraction of sp³-hybridized carbons (Fsp3) is 0.0435. The number of nitrogens with zero attached hydrogens (tertiary/aromatic N) is 2. The van der Waals surface area contributed by atoms with Gasteiger partial charge in [0.2, 0.25) is 0 Å². The number of hydrogen-bond acceptors (Lipinski definition) is 5. The van der Waals surface area contributed by atoms with Crippen LogP contribution in [0.2, 0.25) is 0 Å². The summed E-state index contributed by atoms with van der Waals surface area (Å²) in [6, 6.07) is 13.6. The fourth-order valence-corrected chi connectivity index (χ4v) is 3.64. The maximum absolute atomic E-state index is 14.8. The molecule has 160 valence electrons. The molecule has 4 rings (SSSR count). The molecule has 1 heterocycles. The van der Waals surface area contributed by atoms with E-state index >= 15 is 0 Å². The summed E-state index contributed by atoms with van der Waals surface area (Å²) in [5, 5.41) is 22.0. The van der Waals surface area contributed by atoms with E-state index in [9.17, 15) is 33.6 Å². The molecule has 0 aliphatic carbocycles. The first-order valence-electron chi connectivity index (χ1n) is 9.35. The van der Waals surface area contributed by atoms with Crippen LogP contribution in [0.15, 0.2) is 78.4 Å². The zero-order valence-electron chi connectivity index (χ0n) is 16.2. The van der Waals surface area contributed by atoms with Crippen LogP contribution in [0.3, 0.4) is 0 Å². The third kappa shape index (κ3) is 3.49. The van der Waals surface area contributed by atoms with E-state index in [-0.39, 0.29) is 22.5 Å². The SMILES string of the molecule is O=C1C(=O)N(c2cccc(F)c2)C(c2ccccc2F)/C1=C(\O)c1cccc([N+](=O)[O-])c1. The second kappa shape index (κ2) is 8.03. The number of halogens is 2. The molecule has 0 radical (unpaired) electrons. The molecule has 9 heteroatoms. The maximum atomic E-state index is 14.8. The number of non-ortho nitro benzene ring substituents is 1. The second-order valence-electron chi connectivity index (χ2n) is 6.98. The number of amides is 1. The Morgan fingerprint density at radius 3 is 2.38 bits per heavy atom. The average Bonchev–Trinajstić information content (AvgIpc) is 3.04. The molecule has 1 saturated heterocycles. The molecule has 0 spiro atoms. The molecular formula is C23H14F2N2O5. The Labute approximate surface area is 180 Å². The number of ketones is 1. The number of Topliss-reactive ketones (excluding diaryl/α,β-unsaturated/α-hetero) is 1. The van der Waals surface area contributed by atoms with Crippen LogP contribution in [0.25, 0.3) is 5.76 Å². The largest absolute Gasteiger partial charge is 0.507 e. The Hall–Kier alpha value is -4.40. The number of anilines is 1. The monoisotopic (exact) mass is 436 g/mol. The minimum Gasteiger partial charge on any atom is -0.507 e. The van der Waals surface area contributed by atoms with Crippen molar-refractivity contribution in [3.05, 3.63) is 111 Å². The molecule has 3 aromatic carbocycles. The first kappa shape index (κ1) is 20.9. The minimum atomic E-state index is -1.42. The first-order chi connectivity index (χ1) is 15.3. The highest BCUT2D eigenvalue weighted by molar-refractivity contribution is 6.51. The number of rotatable bonds is 4. The van der Waals surface area contributed by atoms with Crippen molar-refractivity contribution in [2.75, 3.05) is 4.90 Å². The zero-order valence-corrected chi connectivity index (χ0v) is 16.2. The first-order valence-corrected chi connectivity index (χ1v) is 9.35. The lowest BCUT2D eigenvalue weighted by molar-refractivity contribution is -0.384. The number of hydrogen-bond donors (Lipinski definition) is 1. The molecule has 1 amide bonds. The third-order valence-corrected chi connectivity index (χ3v) is 5.06. The van der Waals surface area contributed by atoms with E-state index < -0.39 is 45.6 Å².